The number of hydrogen-bond donors (Lipinski definition) is 2. The van der Waals surface area contributed by atoms with E-state index in [1.165, 1.54) is 5.56 Å². The summed E-state index contributed by atoms with van der Waals surface area (Å²) in [5.41, 5.74) is 6.77. The topological polar surface area (TPSA) is 49.9 Å². The number of amidine groups is 1. The molecule has 98 valence electrons. The van der Waals surface area contributed by atoms with E-state index in [4.69, 9.17) is 11.1 Å². The molecule has 2 aromatic rings. The standard InChI is InChI=1S/C15H15BrN2S/c16-12-8-4-5-9-13(12)19-14(10-15(17)18)11-6-2-1-3-7-11/h1-9,14H,10H2,(H3,17,18). The second-order valence-electron chi connectivity index (χ2n) is 4.18. The van der Waals surface area contributed by atoms with E-state index in [0.29, 0.717) is 6.42 Å². The summed E-state index contributed by atoms with van der Waals surface area (Å²) >= 11 is 5.29. The lowest BCUT2D eigenvalue weighted by Gasteiger charge is -2.17. The summed E-state index contributed by atoms with van der Waals surface area (Å²) in [6.45, 7) is 0. The molecule has 0 bridgehead atoms. The van der Waals surface area contributed by atoms with Crippen molar-refractivity contribution in [2.75, 3.05) is 0 Å². The summed E-state index contributed by atoms with van der Waals surface area (Å²) in [7, 11) is 0. The average Bonchev–Trinajstić information content (AvgIpc) is 2.41. The Hall–Kier alpha value is -1.26. The van der Waals surface area contributed by atoms with Crippen molar-refractivity contribution in [3.05, 3.63) is 64.6 Å². The molecular weight excluding hydrogens is 320 g/mol. The van der Waals surface area contributed by atoms with Crippen LogP contribution >= 0.6 is 27.7 Å². The van der Waals surface area contributed by atoms with E-state index < -0.39 is 0 Å². The van der Waals surface area contributed by atoms with Gasteiger partial charge in [0, 0.05) is 21.0 Å². The molecule has 1 unspecified atom stereocenters. The minimum Gasteiger partial charge on any atom is -0.388 e. The third kappa shape index (κ3) is 4.11. The first-order valence-electron chi connectivity index (χ1n) is 5.96. The van der Waals surface area contributed by atoms with Gasteiger partial charge in [0.1, 0.15) is 0 Å². The van der Waals surface area contributed by atoms with Crippen molar-refractivity contribution in [2.24, 2.45) is 5.73 Å². The number of rotatable bonds is 5. The SMILES string of the molecule is N=C(N)CC(Sc1ccccc1Br)c1ccccc1. The zero-order chi connectivity index (χ0) is 13.7. The molecule has 0 aliphatic carbocycles. The van der Waals surface area contributed by atoms with Crippen LogP contribution in [0, 0.1) is 5.41 Å². The van der Waals surface area contributed by atoms with Crippen LogP contribution in [0.4, 0.5) is 0 Å². The van der Waals surface area contributed by atoms with Gasteiger partial charge in [-0.2, -0.15) is 0 Å². The van der Waals surface area contributed by atoms with Gasteiger partial charge in [-0.05, 0) is 33.6 Å². The van der Waals surface area contributed by atoms with E-state index in [-0.39, 0.29) is 11.1 Å². The molecule has 0 saturated carbocycles. The van der Waals surface area contributed by atoms with Crippen molar-refractivity contribution < 1.29 is 0 Å². The summed E-state index contributed by atoms with van der Waals surface area (Å²) in [5, 5.41) is 7.71. The number of thioether (sulfide) groups is 1. The van der Waals surface area contributed by atoms with Crippen LogP contribution < -0.4 is 5.73 Å². The first kappa shape index (κ1) is 14.2. The molecule has 0 saturated heterocycles. The Kier molecular flexibility index (Phi) is 5.05. The highest BCUT2D eigenvalue weighted by Gasteiger charge is 2.15. The highest BCUT2D eigenvalue weighted by Crippen LogP contribution is 2.40. The van der Waals surface area contributed by atoms with Gasteiger partial charge in [0.15, 0.2) is 0 Å². The fraction of sp³-hybridized carbons (Fsp3) is 0.133. The van der Waals surface area contributed by atoms with Gasteiger partial charge in [-0.1, -0.05) is 42.5 Å². The van der Waals surface area contributed by atoms with E-state index in [1.807, 2.05) is 36.4 Å². The number of nitrogens with two attached hydrogens (primary N) is 1. The van der Waals surface area contributed by atoms with Crippen LogP contribution in [0.25, 0.3) is 0 Å². The van der Waals surface area contributed by atoms with Gasteiger partial charge in [-0.15, -0.1) is 11.8 Å². The second-order valence-corrected chi connectivity index (χ2v) is 6.28. The van der Waals surface area contributed by atoms with E-state index >= 15 is 0 Å². The molecule has 0 spiro atoms. The van der Waals surface area contributed by atoms with Crippen molar-refractivity contribution in [2.45, 2.75) is 16.6 Å². The number of benzene rings is 2. The maximum absolute atomic E-state index is 7.55. The van der Waals surface area contributed by atoms with E-state index in [0.717, 1.165) is 9.37 Å². The Morgan fingerprint density at radius 3 is 2.37 bits per heavy atom. The maximum atomic E-state index is 7.55. The van der Waals surface area contributed by atoms with Crippen molar-refractivity contribution in [1.29, 1.82) is 5.41 Å². The fourth-order valence-corrected chi connectivity index (χ4v) is 3.55. The molecule has 2 aromatic carbocycles. The molecule has 3 N–H and O–H groups in total. The molecule has 0 aliphatic heterocycles. The Morgan fingerprint density at radius 2 is 1.74 bits per heavy atom. The molecular formula is C15H15BrN2S. The number of halogens is 1. The lowest BCUT2D eigenvalue weighted by atomic mass is 10.1. The Bertz CT molecular complexity index is 557. The van der Waals surface area contributed by atoms with Crippen molar-refractivity contribution in [1.82, 2.24) is 0 Å². The molecule has 0 heterocycles. The zero-order valence-corrected chi connectivity index (χ0v) is 12.7. The first-order valence-corrected chi connectivity index (χ1v) is 7.63. The number of hydrogen-bond acceptors (Lipinski definition) is 2. The van der Waals surface area contributed by atoms with Gasteiger partial charge in [-0.25, -0.2) is 0 Å². The molecule has 2 nitrogen and oxygen atoms in total. The van der Waals surface area contributed by atoms with Crippen LogP contribution in [0.3, 0.4) is 0 Å². The lowest BCUT2D eigenvalue weighted by Crippen LogP contribution is -2.13. The minimum absolute atomic E-state index is 0.164. The monoisotopic (exact) mass is 334 g/mol. The van der Waals surface area contributed by atoms with Crippen LogP contribution in [0.15, 0.2) is 64.0 Å². The highest BCUT2D eigenvalue weighted by molar-refractivity contribution is 9.10. The van der Waals surface area contributed by atoms with Gasteiger partial charge >= 0.3 is 0 Å². The third-order valence-corrected chi connectivity index (χ3v) is 4.97. The largest absolute Gasteiger partial charge is 0.388 e. The maximum Gasteiger partial charge on any atom is 0.0920 e. The molecule has 2 rings (SSSR count). The van der Waals surface area contributed by atoms with Crippen molar-refractivity contribution >= 4 is 33.5 Å². The van der Waals surface area contributed by atoms with Gasteiger partial charge in [0.25, 0.3) is 0 Å². The predicted octanol–water partition coefficient (Wildman–Crippen LogP) is 4.61. The van der Waals surface area contributed by atoms with Crippen LogP contribution in [-0.2, 0) is 0 Å². The van der Waals surface area contributed by atoms with E-state index in [1.54, 1.807) is 11.8 Å². The van der Waals surface area contributed by atoms with Crippen LogP contribution in [0.1, 0.15) is 17.2 Å². The summed E-state index contributed by atoms with van der Waals surface area (Å²) < 4.78 is 1.07. The summed E-state index contributed by atoms with van der Waals surface area (Å²) in [4.78, 5) is 1.16. The second kappa shape index (κ2) is 6.78. The summed E-state index contributed by atoms with van der Waals surface area (Å²) in [6.07, 6.45) is 0.552. The Balaban J connectivity index is 2.24. The van der Waals surface area contributed by atoms with Gasteiger partial charge in [-0.3, -0.25) is 5.41 Å². The molecule has 19 heavy (non-hydrogen) atoms. The minimum atomic E-state index is 0.164. The lowest BCUT2D eigenvalue weighted by molar-refractivity contribution is 0.984. The van der Waals surface area contributed by atoms with Crippen molar-refractivity contribution in [3.8, 4) is 0 Å². The molecule has 4 heteroatoms. The van der Waals surface area contributed by atoms with Crippen LogP contribution in [0.5, 0.6) is 0 Å². The summed E-state index contributed by atoms with van der Waals surface area (Å²) in [5.74, 6) is 0.216. The third-order valence-electron chi connectivity index (χ3n) is 2.68. The average molecular weight is 335 g/mol. The predicted molar refractivity (Wildman–Crippen MR) is 85.7 cm³/mol. The fourth-order valence-electron chi connectivity index (χ4n) is 1.79. The molecule has 0 aromatic heterocycles. The Labute approximate surface area is 126 Å². The van der Waals surface area contributed by atoms with Gasteiger partial charge in [0.05, 0.1) is 5.84 Å². The molecule has 0 radical (unpaired) electrons. The van der Waals surface area contributed by atoms with Gasteiger partial charge in [0.2, 0.25) is 0 Å². The van der Waals surface area contributed by atoms with E-state index in [2.05, 4.69) is 34.1 Å². The number of nitrogens with one attached hydrogen (secondary N) is 1. The summed E-state index contributed by atoms with van der Waals surface area (Å²) in [6, 6.07) is 18.3. The highest BCUT2D eigenvalue weighted by atomic mass is 79.9. The van der Waals surface area contributed by atoms with E-state index in [9.17, 15) is 0 Å². The molecule has 1 atom stereocenters. The van der Waals surface area contributed by atoms with Crippen molar-refractivity contribution in [3.63, 3.8) is 0 Å². The zero-order valence-electron chi connectivity index (χ0n) is 10.3. The Morgan fingerprint density at radius 1 is 1.11 bits per heavy atom. The molecule has 0 fully saturated rings. The van der Waals surface area contributed by atoms with Gasteiger partial charge < -0.3 is 5.73 Å². The smallest absolute Gasteiger partial charge is 0.0920 e. The normalized spacial score (nSPS) is 12.1. The quantitative estimate of drug-likeness (QED) is 0.476. The van der Waals surface area contributed by atoms with Crippen LogP contribution in [0.2, 0.25) is 0 Å². The van der Waals surface area contributed by atoms with Crippen LogP contribution in [-0.4, -0.2) is 5.84 Å². The molecule has 0 aliphatic rings. The molecule has 0 amide bonds. The first-order chi connectivity index (χ1) is 9.16.